The quantitative estimate of drug-likeness (QED) is 0.170. The fourth-order valence-corrected chi connectivity index (χ4v) is 8.64. The van der Waals surface area contributed by atoms with Gasteiger partial charge in [0.05, 0.1) is 22.3 Å². The van der Waals surface area contributed by atoms with Crippen LogP contribution in [0.4, 0.5) is 13.2 Å². The van der Waals surface area contributed by atoms with Crippen molar-refractivity contribution in [2.24, 2.45) is 5.92 Å². The molecule has 0 saturated carbocycles. The van der Waals surface area contributed by atoms with Crippen LogP contribution < -0.4 is 0 Å². The number of nitrogens with zero attached hydrogens (tertiary/aromatic N) is 2. The van der Waals surface area contributed by atoms with Crippen LogP contribution in [0.15, 0.2) is 91.0 Å². The molecule has 2 nitrogen and oxygen atoms in total. The van der Waals surface area contributed by atoms with Crippen molar-refractivity contribution in [3.8, 4) is 16.9 Å². The first kappa shape index (κ1) is 30.2. The summed E-state index contributed by atoms with van der Waals surface area (Å²) in [6, 6.07) is 30.4. The smallest absolute Gasteiger partial charge is 0.309 e. The van der Waals surface area contributed by atoms with Crippen molar-refractivity contribution in [1.82, 2.24) is 9.55 Å². The Balaban J connectivity index is 1.44. The summed E-state index contributed by atoms with van der Waals surface area (Å²) in [7, 11) is 0. The molecule has 1 aliphatic rings. The van der Waals surface area contributed by atoms with E-state index in [2.05, 4.69) is 96.1 Å². The number of fused-ring (bicyclic) bond motifs is 8. The lowest BCUT2D eigenvalue weighted by molar-refractivity contribution is -0.137. The van der Waals surface area contributed by atoms with Crippen LogP contribution in [-0.2, 0) is 17.0 Å². The fraction of sp³-hybridized carbons (Fsp3) is 0.250. The number of aryl methyl sites for hydroxylation is 1. The van der Waals surface area contributed by atoms with E-state index in [1.165, 1.54) is 45.0 Å². The van der Waals surface area contributed by atoms with Crippen LogP contribution in [0.5, 0.6) is 0 Å². The van der Waals surface area contributed by atoms with Crippen molar-refractivity contribution in [2.75, 3.05) is 0 Å². The highest BCUT2D eigenvalue weighted by molar-refractivity contribution is 6.33. The van der Waals surface area contributed by atoms with Crippen LogP contribution in [0.2, 0.25) is 0 Å². The van der Waals surface area contributed by atoms with Crippen molar-refractivity contribution >= 4 is 54.1 Å². The number of benzene rings is 6. The minimum atomic E-state index is -4.45. The van der Waals surface area contributed by atoms with Crippen molar-refractivity contribution < 1.29 is 13.2 Å². The molecule has 8 aromatic rings. The molecule has 0 bridgehead atoms. The number of alkyl halides is 3. The molecule has 6 aromatic carbocycles. The van der Waals surface area contributed by atoms with Crippen molar-refractivity contribution in [2.45, 2.75) is 65.5 Å². The highest BCUT2D eigenvalue weighted by Gasteiger charge is 2.44. The Morgan fingerprint density at radius 3 is 2.12 bits per heavy atom. The topological polar surface area (TPSA) is 17.8 Å². The Morgan fingerprint density at radius 2 is 1.41 bits per heavy atom. The molecule has 0 aliphatic heterocycles. The van der Waals surface area contributed by atoms with E-state index in [4.69, 9.17) is 4.98 Å². The molecule has 244 valence electrons. The molecule has 1 atom stereocenters. The summed E-state index contributed by atoms with van der Waals surface area (Å²) in [4.78, 5) is 5.40. The zero-order chi connectivity index (χ0) is 34.4. The maximum absolute atomic E-state index is 14.1. The van der Waals surface area contributed by atoms with Crippen LogP contribution in [0, 0.1) is 12.8 Å². The highest BCUT2D eigenvalue weighted by Crippen LogP contribution is 2.56. The summed E-state index contributed by atoms with van der Waals surface area (Å²) in [5.41, 5.74) is 7.83. The molecule has 1 unspecified atom stereocenters. The number of aromatic nitrogens is 2. The maximum Gasteiger partial charge on any atom is 0.416 e. The number of para-hydroxylation sites is 1. The van der Waals surface area contributed by atoms with E-state index in [1.807, 2.05) is 28.8 Å². The molecule has 0 spiro atoms. The van der Waals surface area contributed by atoms with Gasteiger partial charge in [-0.3, -0.25) is 4.98 Å². The zero-order valence-electron chi connectivity index (χ0n) is 28.8. The van der Waals surface area contributed by atoms with Gasteiger partial charge in [0.15, 0.2) is 0 Å². The SMILES string of the molecule is Cc1cc(-n2c3ccccc3c3cc4ccc5c6c(cc7ccc(c4c75)c32)C(C)(C(C)C)c2ccc(C(C)(C)C)nc2-6)cc(C(F)(F)F)c1. The van der Waals surface area contributed by atoms with E-state index in [1.54, 1.807) is 6.92 Å². The van der Waals surface area contributed by atoms with E-state index < -0.39 is 11.7 Å². The van der Waals surface area contributed by atoms with Gasteiger partial charge in [-0.1, -0.05) is 90.1 Å². The Labute approximate surface area is 283 Å². The fourth-order valence-electron chi connectivity index (χ4n) is 8.64. The van der Waals surface area contributed by atoms with Crippen LogP contribution >= 0.6 is 0 Å². The average molecular weight is 651 g/mol. The minimum Gasteiger partial charge on any atom is -0.309 e. The minimum absolute atomic E-state index is 0.101. The van der Waals surface area contributed by atoms with E-state index in [-0.39, 0.29) is 10.8 Å². The Hall–Kier alpha value is -4.90. The van der Waals surface area contributed by atoms with E-state index in [0.29, 0.717) is 17.2 Å². The molecule has 0 saturated heterocycles. The van der Waals surface area contributed by atoms with E-state index >= 15 is 0 Å². The predicted molar refractivity (Wildman–Crippen MR) is 197 cm³/mol. The van der Waals surface area contributed by atoms with Crippen molar-refractivity contribution in [3.05, 3.63) is 119 Å². The van der Waals surface area contributed by atoms with Gasteiger partial charge in [-0.15, -0.1) is 0 Å². The van der Waals surface area contributed by atoms with Gasteiger partial charge in [0.25, 0.3) is 0 Å². The second kappa shape index (κ2) is 9.62. The third-order valence-corrected chi connectivity index (χ3v) is 11.4. The number of pyridine rings is 1. The lowest BCUT2D eigenvalue weighted by atomic mass is 9.71. The first-order chi connectivity index (χ1) is 23.2. The molecule has 0 fully saturated rings. The lowest BCUT2D eigenvalue weighted by Crippen LogP contribution is -2.28. The summed E-state index contributed by atoms with van der Waals surface area (Å²) < 4.78 is 44.4. The molecule has 0 amide bonds. The Kier molecular flexibility index (Phi) is 5.93. The first-order valence-corrected chi connectivity index (χ1v) is 17.1. The van der Waals surface area contributed by atoms with Gasteiger partial charge in [-0.2, -0.15) is 13.2 Å². The first-order valence-electron chi connectivity index (χ1n) is 17.1. The lowest BCUT2D eigenvalue weighted by Gasteiger charge is -2.32. The van der Waals surface area contributed by atoms with Gasteiger partial charge >= 0.3 is 6.18 Å². The summed E-state index contributed by atoms with van der Waals surface area (Å²) in [5, 5.41) is 8.82. The van der Waals surface area contributed by atoms with Crippen molar-refractivity contribution in [1.29, 1.82) is 0 Å². The Morgan fingerprint density at radius 1 is 0.714 bits per heavy atom. The second-order valence-corrected chi connectivity index (χ2v) is 15.6. The monoisotopic (exact) mass is 650 g/mol. The average Bonchev–Trinajstić information content (AvgIpc) is 3.52. The van der Waals surface area contributed by atoms with E-state index in [9.17, 15) is 13.2 Å². The van der Waals surface area contributed by atoms with Gasteiger partial charge in [0.1, 0.15) is 0 Å². The summed E-state index contributed by atoms with van der Waals surface area (Å²) in [6.07, 6.45) is -4.45. The molecule has 49 heavy (non-hydrogen) atoms. The maximum atomic E-state index is 14.1. The molecule has 1 aliphatic carbocycles. The van der Waals surface area contributed by atoms with E-state index in [0.717, 1.165) is 49.4 Å². The molecule has 0 radical (unpaired) electrons. The molecule has 5 heteroatoms. The number of hydrogen-bond donors (Lipinski definition) is 0. The molecule has 9 rings (SSSR count). The third kappa shape index (κ3) is 3.99. The number of rotatable bonds is 2. The van der Waals surface area contributed by atoms with Gasteiger partial charge in [0, 0.05) is 43.9 Å². The molecule has 2 aromatic heterocycles. The summed E-state index contributed by atoms with van der Waals surface area (Å²) in [6.45, 7) is 15.3. The van der Waals surface area contributed by atoms with Gasteiger partial charge in [-0.05, 0) is 98.9 Å². The summed E-state index contributed by atoms with van der Waals surface area (Å²) in [5.74, 6) is 0.342. The van der Waals surface area contributed by atoms with Gasteiger partial charge in [0.2, 0.25) is 0 Å². The number of halogens is 3. The normalized spacial score (nSPS) is 16.6. The molecular formula is C44H37F3N2. The van der Waals surface area contributed by atoms with Crippen molar-refractivity contribution in [3.63, 3.8) is 0 Å². The highest BCUT2D eigenvalue weighted by atomic mass is 19.4. The standard InChI is InChI=1S/C44H37F3N2/c1-23(2)43(7)33-16-17-36(42(4,5)6)48-40(33)39-30-14-12-25-20-32-29-10-8-9-11-35(29)49(28-19-24(3)18-27(22-28)44(45,46)47)41(32)31-15-13-26(21-34(39)43)37(30)38(25)31/h8-23H,1-7H3. The molecular weight excluding hydrogens is 613 g/mol. The Bertz CT molecular complexity index is 2690. The largest absolute Gasteiger partial charge is 0.416 e. The van der Waals surface area contributed by atoms with Crippen LogP contribution in [0.3, 0.4) is 0 Å². The molecule has 0 N–H and O–H groups in total. The van der Waals surface area contributed by atoms with Crippen LogP contribution in [-0.4, -0.2) is 9.55 Å². The van der Waals surface area contributed by atoms with Crippen LogP contribution in [0.25, 0.3) is 71.1 Å². The van der Waals surface area contributed by atoms with Gasteiger partial charge in [-0.25, -0.2) is 0 Å². The number of hydrogen-bond acceptors (Lipinski definition) is 1. The third-order valence-electron chi connectivity index (χ3n) is 11.4. The molecule has 2 heterocycles. The van der Waals surface area contributed by atoms with Gasteiger partial charge < -0.3 is 4.57 Å². The predicted octanol–water partition coefficient (Wildman–Crippen LogP) is 12.6. The zero-order valence-corrected chi connectivity index (χ0v) is 28.8. The summed E-state index contributed by atoms with van der Waals surface area (Å²) >= 11 is 0. The second-order valence-electron chi connectivity index (χ2n) is 15.6. The van der Waals surface area contributed by atoms with Crippen LogP contribution in [0.1, 0.15) is 69.5 Å².